The normalized spacial score (nSPS) is 11.2. The average Bonchev–Trinajstić information content (AvgIpc) is 3.21. The maximum absolute atomic E-state index is 12.9. The minimum atomic E-state index is -0.111. The minimum Gasteiger partial charge on any atom is -0.396 e. The van der Waals surface area contributed by atoms with Gasteiger partial charge in [-0.2, -0.15) is 4.98 Å². The van der Waals surface area contributed by atoms with E-state index in [0.29, 0.717) is 46.5 Å². The summed E-state index contributed by atoms with van der Waals surface area (Å²) in [5.41, 5.74) is 2.52. The molecule has 4 rings (SSSR count). The fourth-order valence-corrected chi connectivity index (χ4v) is 3.89. The third-order valence-corrected chi connectivity index (χ3v) is 5.40. The molecule has 148 valence electrons. The molecule has 8 heteroatoms. The van der Waals surface area contributed by atoms with Gasteiger partial charge in [0.05, 0.1) is 16.7 Å². The number of para-hydroxylation sites is 1. The van der Waals surface area contributed by atoms with Gasteiger partial charge in [-0.25, -0.2) is 4.98 Å². The Labute approximate surface area is 171 Å². The predicted molar refractivity (Wildman–Crippen MR) is 112 cm³/mol. The first-order chi connectivity index (χ1) is 14.2. The maximum atomic E-state index is 12.9. The molecule has 0 aliphatic carbocycles. The van der Waals surface area contributed by atoms with Crippen LogP contribution in [0.4, 0.5) is 0 Å². The first-order valence-corrected chi connectivity index (χ1v) is 10.3. The summed E-state index contributed by atoms with van der Waals surface area (Å²) in [5.74, 6) is 1.41. The van der Waals surface area contributed by atoms with E-state index in [4.69, 9.17) is 4.52 Å². The van der Waals surface area contributed by atoms with Gasteiger partial charge >= 0.3 is 0 Å². The van der Waals surface area contributed by atoms with Crippen LogP contribution in [0.3, 0.4) is 0 Å². The Bertz CT molecular complexity index is 1200. The van der Waals surface area contributed by atoms with Crippen LogP contribution >= 0.6 is 11.8 Å². The summed E-state index contributed by atoms with van der Waals surface area (Å²) in [4.78, 5) is 22.0. The van der Waals surface area contributed by atoms with Crippen LogP contribution in [0.15, 0.2) is 63.0 Å². The van der Waals surface area contributed by atoms with E-state index in [1.54, 1.807) is 10.6 Å². The van der Waals surface area contributed by atoms with Crippen LogP contribution in [0.1, 0.15) is 17.8 Å². The molecule has 0 aliphatic heterocycles. The van der Waals surface area contributed by atoms with Gasteiger partial charge in [-0.1, -0.05) is 46.7 Å². The smallest absolute Gasteiger partial charge is 0.262 e. The maximum Gasteiger partial charge on any atom is 0.262 e. The quantitative estimate of drug-likeness (QED) is 0.370. The summed E-state index contributed by atoms with van der Waals surface area (Å²) in [6.45, 7) is 2.41. The number of thioether (sulfide) groups is 1. The van der Waals surface area contributed by atoms with Crippen molar-refractivity contribution in [2.24, 2.45) is 0 Å². The van der Waals surface area contributed by atoms with E-state index in [2.05, 4.69) is 15.1 Å². The summed E-state index contributed by atoms with van der Waals surface area (Å²) >= 11 is 1.38. The Kier molecular flexibility index (Phi) is 5.73. The number of fused-ring (bicyclic) bond motifs is 1. The summed E-state index contributed by atoms with van der Waals surface area (Å²) < 4.78 is 6.99. The minimum absolute atomic E-state index is 0.00800. The second-order valence-electron chi connectivity index (χ2n) is 6.62. The molecule has 4 aromatic rings. The van der Waals surface area contributed by atoms with Crippen molar-refractivity contribution < 1.29 is 9.63 Å². The molecular formula is C21H20N4O3S. The molecule has 0 saturated heterocycles. The lowest BCUT2D eigenvalue weighted by Crippen LogP contribution is -2.24. The number of aliphatic hydroxyl groups excluding tert-OH is 1. The highest BCUT2D eigenvalue weighted by molar-refractivity contribution is 7.98. The average molecular weight is 408 g/mol. The summed E-state index contributed by atoms with van der Waals surface area (Å²) in [6, 6.07) is 15.1. The van der Waals surface area contributed by atoms with Gasteiger partial charge in [0.15, 0.2) is 11.0 Å². The lowest BCUT2D eigenvalue weighted by atomic mass is 10.1. The van der Waals surface area contributed by atoms with Crippen molar-refractivity contribution in [2.75, 3.05) is 6.61 Å². The van der Waals surface area contributed by atoms with Crippen LogP contribution < -0.4 is 5.56 Å². The van der Waals surface area contributed by atoms with E-state index in [9.17, 15) is 9.90 Å². The summed E-state index contributed by atoms with van der Waals surface area (Å²) in [6.07, 6.45) is 0.479. The summed E-state index contributed by atoms with van der Waals surface area (Å²) in [7, 11) is 0. The third-order valence-electron chi connectivity index (χ3n) is 4.43. The molecule has 2 aromatic carbocycles. The Morgan fingerprint density at radius 1 is 1.14 bits per heavy atom. The summed E-state index contributed by atoms with van der Waals surface area (Å²) in [5, 5.41) is 14.4. The number of rotatable bonds is 7. The highest BCUT2D eigenvalue weighted by Gasteiger charge is 2.14. The molecule has 2 heterocycles. The lowest BCUT2D eigenvalue weighted by molar-refractivity contribution is 0.276. The molecule has 29 heavy (non-hydrogen) atoms. The van der Waals surface area contributed by atoms with E-state index >= 15 is 0 Å². The van der Waals surface area contributed by atoms with Crippen LogP contribution in [0.2, 0.25) is 0 Å². The SMILES string of the molecule is Cc1cccc(-c2nc(CSc3nc4ccccc4c(=O)n3CCCO)no2)c1. The number of hydrogen-bond acceptors (Lipinski definition) is 7. The second-order valence-corrected chi connectivity index (χ2v) is 7.56. The van der Waals surface area contributed by atoms with Crippen molar-refractivity contribution in [3.63, 3.8) is 0 Å². The van der Waals surface area contributed by atoms with Gasteiger partial charge in [0.25, 0.3) is 11.4 Å². The Morgan fingerprint density at radius 2 is 2.00 bits per heavy atom. The zero-order valence-corrected chi connectivity index (χ0v) is 16.7. The van der Waals surface area contributed by atoms with Crippen molar-refractivity contribution in [3.05, 3.63) is 70.3 Å². The Hall–Kier alpha value is -2.97. The molecule has 0 fully saturated rings. The van der Waals surface area contributed by atoms with Crippen molar-refractivity contribution in [2.45, 2.75) is 30.8 Å². The van der Waals surface area contributed by atoms with Gasteiger partial charge in [0.1, 0.15) is 0 Å². The predicted octanol–water partition coefficient (Wildman–Crippen LogP) is 3.43. The first-order valence-electron chi connectivity index (χ1n) is 9.28. The van der Waals surface area contributed by atoms with Crippen LogP contribution in [-0.2, 0) is 12.3 Å². The molecule has 0 bridgehead atoms. The van der Waals surface area contributed by atoms with E-state index in [1.165, 1.54) is 11.8 Å². The van der Waals surface area contributed by atoms with Gasteiger partial charge < -0.3 is 9.63 Å². The fraction of sp³-hybridized carbons (Fsp3) is 0.238. The molecule has 0 amide bonds. The van der Waals surface area contributed by atoms with Crippen LogP contribution in [0.5, 0.6) is 0 Å². The topological polar surface area (TPSA) is 94.0 Å². The molecule has 0 saturated carbocycles. The first kappa shape index (κ1) is 19.4. The number of aliphatic hydroxyl groups is 1. The van der Waals surface area contributed by atoms with Crippen molar-refractivity contribution >= 4 is 22.7 Å². The van der Waals surface area contributed by atoms with Crippen molar-refractivity contribution in [1.82, 2.24) is 19.7 Å². The van der Waals surface area contributed by atoms with E-state index < -0.39 is 0 Å². The Morgan fingerprint density at radius 3 is 2.83 bits per heavy atom. The highest BCUT2D eigenvalue weighted by atomic mass is 32.2. The molecule has 0 aliphatic rings. The molecule has 1 N–H and O–H groups in total. The Balaban J connectivity index is 1.60. The van der Waals surface area contributed by atoms with E-state index in [0.717, 1.165) is 11.1 Å². The van der Waals surface area contributed by atoms with Gasteiger partial charge in [-0.05, 0) is 37.6 Å². The van der Waals surface area contributed by atoms with Crippen molar-refractivity contribution in [1.29, 1.82) is 0 Å². The fourth-order valence-electron chi connectivity index (χ4n) is 3.02. The van der Waals surface area contributed by atoms with Gasteiger partial charge in [0.2, 0.25) is 0 Å². The van der Waals surface area contributed by atoms with Gasteiger partial charge in [-0.3, -0.25) is 9.36 Å². The molecule has 7 nitrogen and oxygen atoms in total. The second kappa shape index (κ2) is 8.59. The molecule has 0 spiro atoms. The van der Waals surface area contributed by atoms with Crippen LogP contribution in [-0.4, -0.2) is 31.4 Å². The zero-order chi connectivity index (χ0) is 20.2. The molecular weight excluding hydrogens is 388 g/mol. The lowest BCUT2D eigenvalue weighted by Gasteiger charge is -2.11. The zero-order valence-electron chi connectivity index (χ0n) is 15.9. The molecule has 2 aromatic heterocycles. The monoisotopic (exact) mass is 408 g/mol. The number of hydrogen-bond donors (Lipinski definition) is 1. The molecule has 0 radical (unpaired) electrons. The number of aryl methyl sites for hydroxylation is 1. The number of aromatic nitrogens is 4. The highest BCUT2D eigenvalue weighted by Crippen LogP contribution is 2.24. The van der Waals surface area contributed by atoms with Gasteiger partial charge in [-0.15, -0.1) is 0 Å². The van der Waals surface area contributed by atoms with Gasteiger partial charge in [0, 0.05) is 18.7 Å². The molecule has 0 unspecified atom stereocenters. The van der Waals surface area contributed by atoms with E-state index in [1.807, 2.05) is 49.4 Å². The number of nitrogens with zero attached hydrogens (tertiary/aromatic N) is 4. The van der Waals surface area contributed by atoms with Crippen molar-refractivity contribution in [3.8, 4) is 11.5 Å². The molecule has 0 atom stereocenters. The standard InChI is InChI=1S/C21H20N4O3S/c1-14-6-4-7-15(12-14)19-23-18(24-28-19)13-29-21-22-17-9-3-2-8-16(17)20(27)25(21)10-5-11-26/h2-4,6-9,12,26H,5,10-11,13H2,1H3. The largest absolute Gasteiger partial charge is 0.396 e. The van der Waals surface area contributed by atoms with Crippen LogP contribution in [0, 0.1) is 6.92 Å². The number of benzene rings is 2. The third kappa shape index (κ3) is 4.23. The van der Waals surface area contributed by atoms with Crippen LogP contribution in [0.25, 0.3) is 22.4 Å². The van der Waals surface area contributed by atoms with E-state index in [-0.39, 0.29) is 12.2 Å².